The van der Waals surface area contributed by atoms with Gasteiger partial charge in [0.15, 0.2) is 0 Å². The third-order valence-electron chi connectivity index (χ3n) is 3.53. The predicted octanol–water partition coefficient (Wildman–Crippen LogP) is 2.64. The van der Waals surface area contributed by atoms with E-state index in [1.165, 1.54) is 6.20 Å². The van der Waals surface area contributed by atoms with Crippen LogP contribution < -0.4 is 5.32 Å². The Bertz CT molecular complexity index is 618. The van der Waals surface area contributed by atoms with E-state index in [1.807, 2.05) is 12.1 Å². The number of hydrogen-bond donors (Lipinski definition) is 2. The molecule has 21 heavy (non-hydrogen) atoms. The van der Waals surface area contributed by atoms with Crippen LogP contribution in [-0.2, 0) is 4.74 Å². The number of carbonyl (C=O) groups excluding carboxylic acids is 1. The first-order chi connectivity index (χ1) is 10.2. The van der Waals surface area contributed by atoms with Crippen molar-refractivity contribution >= 4 is 17.5 Å². The van der Waals surface area contributed by atoms with Crippen molar-refractivity contribution in [2.75, 3.05) is 13.2 Å². The number of ether oxygens (including phenoxy) is 1. The van der Waals surface area contributed by atoms with Gasteiger partial charge in [-0.25, -0.2) is 0 Å². The highest BCUT2D eigenvalue weighted by molar-refractivity contribution is 6.30. The maximum Gasteiger partial charge on any atom is 0.255 e. The fourth-order valence-corrected chi connectivity index (χ4v) is 2.53. The molecule has 1 saturated heterocycles. The quantitative estimate of drug-likeness (QED) is 0.912. The molecule has 3 rings (SSSR count). The van der Waals surface area contributed by atoms with E-state index in [0.29, 0.717) is 22.8 Å². The zero-order valence-corrected chi connectivity index (χ0v) is 12.2. The molecule has 6 heteroatoms. The van der Waals surface area contributed by atoms with Crippen LogP contribution in [-0.4, -0.2) is 35.4 Å². The van der Waals surface area contributed by atoms with Crippen LogP contribution in [0.5, 0.6) is 0 Å². The van der Waals surface area contributed by atoms with Crippen molar-refractivity contribution < 1.29 is 9.53 Å². The summed E-state index contributed by atoms with van der Waals surface area (Å²) in [5, 5.41) is 10.4. The van der Waals surface area contributed by atoms with Crippen LogP contribution in [0.1, 0.15) is 23.2 Å². The lowest BCUT2D eigenvalue weighted by molar-refractivity contribution is 0.0858. The zero-order valence-electron chi connectivity index (χ0n) is 11.4. The molecule has 1 aliphatic heterocycles. The Kier molecular flexibility index (Phi) is 4.22. The molecule has 1 fully saturated rings. The molecule has 0 saturated carbocycles. The highest BCUT2D eigenvalue weighted by Crippen LogP contribution is 2.23. The van der Waals surface area contributed by atoms with Gasteiger partial charge in [0.2, 0.25) is 0 Å². The number of carbonyl (C=O) groups is 1. The van der Waals surface area contributed by atoms with Crippen LogP contribution in [0.25, 0.3) is 11.3 Å². The molecule has 1 atom stereocenters. The lowest BCUT2D eigenvalue weighted by Gasteiger charge is -2.10. The van der Waals surface area contributed by atoms with Crippen LogP contribution >= 0.6 is 11.6 Å². The molecule has 0 aliphatic carbocycles. The zero-order chi connectivity index (χ0) is 14.7. The molecular weight excluding hydrogens is 290 g/mol. The average Bonchev–Trinajstić information content (AvgIpc) is 3.17. The number of rotatable bonds is 4. The maximum atomic E-state index is 12.3. The summed E-state index contributed by atoms with van der Waals surface area (Å²) in [7, 11) is 0. The Morgan fingerprint density at radius 3 is 2.95 bits per heavy atom. The monoisotopic (exact) mass is 305 g/mol. The predicted molar refractivity (Wildman–Crippen MR) is 80.3 cm³/mol. The van der Waals surface area contributed by atoms with Crippen molar-refractivity contribution in [3.63, 3.8) is 0 Å². The van der Waals surface area contributed by atoms with Gasteiger partial charge in [-0.05, 0) is 25.0 Å². The molecule has 0 spiro atoms. The van der Waals surface area contributed by atoms with Crippen LogP contribution in [0, 0.1) is 0 Å². The number of halogens is 1. The first kappa shape index (κ1) is 14.1. The van der Waals surface area contributed by atoms with E-state index in [0.717, 1.165) is 25.0 Å². The molecule has 0 bridgehead atoms. The first-order valence-corrected chi connectivity index (χ1v) is 7.31. The molecular formula is C15H16ClN3O2. The van der Waals surface area contributed by atoms with Crippen LogP contribution in [0.3, 0.4) is 0 Å². The van der Waals surface area contributed by atoms with Crippen molar-refractivity contribution in [3.05, 3.63) is 41.0 Å². The summed E-state index contributed by atoms with van der Waals surface area (Å²) in [5.74, 6) is -0.149. The smallest absolute Gasteiger partial charge is 0.255 e. The molecule has 1 unspecified atom stereocenters. The maximum absolute atomic E-state index is 12.3. The second-order valence-electron chi connectivity index (χ2n) is 5.01. The van der Waals surface area contributed by atoms with E-state index in [1.54, 1.807) is 12.1 Å². The van der Waals surface area contributed by atoms with Crippen LogP contribution in [0.15, 0.2) is 30.5 Å². The third-order valence-corrected chi connectivity index (χ3v) is 3.78. The molecule has 2 aromatic rings. The summed E-state index contributed by atoms with van der Waals surface area (Å²) >= 11 is 5.88. The fraction of sp³-hybridized carbons (Fsp3) is 0.333. The van der Waals surface area contributed by atoms with E-state index in [9.17, 15) is 4.79 Å². The number of nitrogens with zero attached hydrogens (tertiary/aromatic N) is 1. The Hall–Kier alpha value is -1.85. The van der Waals surface area contributed by atoms with Gasteiger partial charge >= 0.3 is 0 Å². The van der Waals surface area contributed by atoms with E-state index in [4.69, 9.17) is 16.3 Å². The number of amides is 1. The first-order valence-electron chi connectivity index (χ1n) is 6.93. The SMILES string of the molecule is O=C(NCC1CCCO1)c1cn[nH]c1-c1ccc(Cl)cc1. The molecule has 1 aliphatic rings. The summed E-state index contributed by atoms with van der Waals surface area (Å²) in [6, 6.07) is 7.27. The van der Waals surface area contributed by atoms with Crippen molar-refractivity contribution in [1.29, 1.82) is 0 Å². The summed E-state index contributed by atoms with van der Waals surface area (Å²) in [4.78, 5) is 12.3. The second kappa shape index (κ2) is 6.28. The van der Waals surface area contributed by atoms with E-state index < -0.39 is 0 Å². The Morgan fingerprint density at radius 2 is 2.24 bits per heavy atom. The summed E-state index contributed by atoms with van der Waals surface area (Å²) < 4.78 is 5.50. The average molecular weight is 306 g/mol. The molecule has 0 radical (unpaired) electrons. The standard InChI is InChI=1S/C15H16ClN3O2/c16-11-5-3-10(4-6-11)14-13(9-18-19-14)15(20)17-8-12-2-1-7-21-12/h3-6,9,12H,1-2,7-8H2,(H,17,20)(H,18,19). The summed E-state index contributed by atoms with van der Waals surface area (Å²) in [5.41, 5.74) is 2.09. The fourth-order valence-electron chi connectivity index (χ4n) is 2.40. The van der Waals surface area contributed by atoms with Gasteiger partial charge in [0.05, 0.1) is 23.6 Å². The van der Waals surface area contributed by atoms with Gasteiger partial charge in [0.25, 0.3) is 5.91 Å². The number of aromatic nitrogens is 2. The van der Waals surface area contributed by atoms with Crippen molar-refractivity contribution in [1.82, 2.24) is 15.5 Å². The van der Waals surface area contributed by atoms with Crippen LogP contribution in [0.4, 0.5) is 0 Å². The number of H-pyrrole nitrogens is 1. The molecule has 5 nitrogen and oxygen atoms in total. The minimum atomic E-state index is -0.149. The van der Waals surface area contributed by atoms with Gasteiger partial charge in [-0.1, -0.05) is 23.7 Å². The minimum Gasteiger partial charge on any atom is -0.376 e. The van der Waals surface area contributed by atoms with Gasteiger partial charge in [-0.2, -0.15) is 5.10 Å². The molecule has 1 aromatic carbocycles. The lowest BCUT2D eigenvalue weighted by Crippen LogP contribution is -2.31. The Balaban J connectivity index is 1.72. The minimum absolute atomic E-state index is 0.125. The van der Waals surface area contributed by atoms with E-state index >= 15 is 0 Å². The highest BCUT2D eigenvalue weighted by Gasteiger charge is 2.19. The normalized spacial score (nSPS) is 17.9. The van der Waals surface area contributed by atoms with Crippen molar-refractivity contribution in [3.8, 4) is 11.3 Å². The molecule has 1 aromatic heterocycles. The highest BCUT2D eigenvalue weighted by atomic mass is 35.5. The third kappa shape index (κ3) is 3.25. The Labute approximate surface area is 127 Å². The van der Waals surface area contributed by atoms with Crippen molar-refractivity contribution in [2.24, 2.45) is 0 Å². The molecule has 2 heterocycles. The topological polar surface area (TPSA) is 67.0 Å². The van der Waals surface area contributed by atoms with E-state index in [2.05, 4.69) is 15.5 Å². The van der Waals surface area contributed by atoms with Gasteiger partial charge in [-0.3, -0.25) is 9.89 Å². The largest absolute Gasteiger partial charge is 0.376 e. The van der Waals surface area contributed by atoms with E-state index in [-0.39, 0.29) is 12.0 Å². The number of aromatic amines is 1. The molecule has 110 valence electrons. The number of nitrogens with one attached hydrogen (secondary N) is 2. The van der Waals surface area contributed by atoms with Gasteiger partial charge in [-0.15, -0.1) is 0 Å². The molecule has 1 amide bonds. The second-order valence-corrected chi connectivity index (χ2v) is 5.45. The number of benzene rings is 1. The van der Waals surface area contributed by atoms with Gasteiger partial charge < -0.3 is 10.1 Å². The van der Waals surface area contributed by atoms with Gasteiger partial charge in [0, 0.05) is 23.7 Å². The lowest BCUT2D eigenvalue weighted by atomic mass is 10.1. The summed E-state index contributed by atoms with van der Waals surface area (Å²) in [6.45, 7) is 1.31. The van der Waals surface area contributed by atoms with Crippen molar-refractivity contribution in [2.45, 2.75) is 18.9 Å². The van der Waals surface area contributed by atoms with Crippen LogP contribution in [0.2, 0.25) is 5.02 Å². The molecule has 2 N–H and O–H groups in total. The Morgan fingerprint density at radius 1 is 1.43 bits per heavy atom. The summed E-state index contributed by atoms with van der Waals surface area (Å²) in [6.07, 6.45) is 3.71. The number of hydrogen-bond acceptors (Lipinski definition) is 3. The van der Waals surface area contributed by atoms with Gasteiger partial charge in [0.1, 0.15) is 0 Å².